The third-order valence-corrected chi connectivity index (χ3v) is 6.19. The number of nitrogens with zero attached hydrogens (tertiary/aromatic N) is 2. The number of rotatable bonds is 7. The molecule has 1 fully saturated rings. The van der Waals surface area contributed by atoms with E-state index in [0.717, 1.165) is 48.0 Å². The average Bonchev–Trinajstić information content (AvgIpc) is 3.43. The lowest BCUT2D eigenvalue weighted by atomic mass is 10.0. The lowest BCUT2D eigenvalue weighted by Gasteiger charge is -2.20. The van der Waals surface area contributed by atoms with E-state index in [2.05, 4.69) is 22.3 Å². The van der Waals surface area contributed by atoms with Crippen LogP contribution in [0.3, 0.4) is 0 Å². The van der Waals surface area contributed by atoms with E-state index in [9.17, 15) is 9.59 Å². The summed E-state index contributed by atoms with van der Waals surface area (Å²) in [5.74, 6) is -0.298. The van der Waals surface area contributed by atoms with Crippen LogP contribution in [0.25, 0.3) is 10.9 Å². The number of hydrogen-bond acceptors (Lipinski definition) is 5. The number of pyridine rings is 1. The molecule has 1 aromatic heterocycles. The van der Waals surface area contributed by atoms with Gasteiger partial charge in [-0.25, -0.2) is 9.78 Å². The summed E-state index contributed by atoms with van der Waals surface area (Å²) < 4.78 is 5.45. The molecule has 6 nitrogen and oxygen atoms in total. The Hall–Kier alpha value is -4.19. The molecule has 1 aliphatic rings. The van der Waals surface area contributed by atoms with Crippen molar-refractivity contribution in [3.05, 3.63) is 102 Å². The molecule has 1 N–H and O–H groups in total. The molecule has 1 aliphatic heterocycles. The highest BCUT2D eigenvalue weighted by Crippen LogP contribution is 2.27. The Kier molecular flexibility index (Phi) is 6.70. The topological polar surface area (TPSA) is 71.5 Å². The first kappa shape index (κ1) is 22.6. The molecule has 176 valence electrons. The van der Waals surface area contributed by atoms with Crippen molar-refractivity contribution in [2.75, 3.05) is 29.9 Å². The fraction of sp³-hybridized carbons (Fsp3) is 0.207. The van der Waals surface area contributed by atoms with Crippen molar-refractivity contribution in [3.63, 3.8) is 0 Å². The third kappa shape index (κ3) is 5.32. The zero-order valence-electron chi connectivity index (χ0n) is 19.4. The Morgan fingerprint density at radius 2 is 1.60 bits per heavy atom. The van der Waals surface area contributed by atoms with Crippen LogP contribution < -0.4 is 10.2 Å². The molecular formula is C29H27N3O3. The average molecular weight is 466 g/mol. The van der Waals surface area contributed by atoms with Crippen LogP contribution in [0.5, 0.6) is 0 Å². The number of carbonyl (C=O) groups is 2. The zero-order valence-corrected chi connectivity index (χ0v) is 19.4. The second-order valence-corrected chi connectivity index (χ2v) is 8.69. The van der Waals surface area contributed by atoms with E-state index in [0.29, 0.717) is 23.5 Å². The van der Waals surface area contributed by atoms with Crippen LogP contribution in [0, 0.1) is 0 Å². The standard InChI is InChI=1S/C29H27N3O3/c33-27(30-25-14-6-4-12-22(25)18-21-10-2-1-3-11-21)20-35-29(34)24-19-23-13-5-7-15-26(23)31-28(24)32-16-8-9-17-32/h1-7,10-15,19H,8-9,16-18,20H2,(H,30,33). The fourth-order valence-corrected chi connectivity index (χ4v) is 4.43. The first-order valence-corrected chi connectivity index (χ1v) is 11.9. The summed E-state index contributed by atoms with van der Waals surface area (Å²) >= 11 is 0. The maximum Gasteiger partial charge on any atom is 0.342 e. The zero-order chi connectivity index (χ0) is 24.0. The van der Waals surface area contributed by atoms with Gasteiger partial charge >= 0.3 is 5.97 Å². The second-order valence-electron chi connectivity index (χ2n) is 8.69. The Labute approximate surface area is 204 Å². The number of anilines is 2. The highest BCUT2D eigenvalue weighted by molar-refractivity contribution is 6.01. The lowest BCUT2D eigenvalue weighted by molar-refractivity contribution is -0.119. The molecule has 0 spiro atoms. The summed E-state index contributed by atoms with van der Waals surface area (Å²) in [6.45, 7) is 1.33. The van der Waals surface area contributed by atoms with Gasteiger partial charge in [-0.15, -0.1) is 0 Å². The number of ether oxygens (including phenoxy) is 1. The van der Waals surface area contributed by atoms with Crippen LogP contribution >= 0.6 is 0 Å². The second kappa shape index (κ2) is 10.4. The summed E-state index contributed by atoms with van der Waals surface area (Å²) in [6.07, 6.45) is 2.82. The highest BCUT2D eigenvalue weighted by Gasteiger charge is 2.23. The summed E-state index contributed by atoms with van der Waals surface area (Å²) in [6, 6.07) is 27.2. The Morgan fingerprint density at radius 3 is 2.43 bits per heavy atom. The number of nitrogens with one attached hydrogen (secondary N) is 1. The fourth-order valence-electron chi connectivity index (χ4n) is 4.43. The van der Waals surface area contributed by atoms with Gasteiger partial charge in [0, 0.05) is 24.2 Å². The maximum atomic E-state index is 13.1. The molecule has 6 heteroatoms. The van der Waals surface area contributed by atoms with Crippen LogP contribution in [-0.4, -0.2) is 36.6 Å². The first-order chi connectivity index (χ1) is 17.2. The Bertz CT molecular complexity index is 1350. The number of aromatic nitrogens is 1. The van der Waals surface area contributed by atoms with Crippen molar-refractivity contribution in [2.45, 2.75) is 19.3 Å². The number of benzene rings is 3. The van der Waals surface area contributed by atoms with Gasteiger partial charge in [-0.1, -0.05) is 66.7 Å². The van der Waals surface area contributed by atoms with E-state index < -0.39 is 5.97 Å². The van der Waals surface area contributed by atoms with Crippen molar-refractivity contribution in [1.29, 1.82) is 0 Å². The van der Waals surface area contributed by atoms with Gasteiger partial charge in [0.25, 0.3) is 5.91 Å². The highest BCUT2D eigenvalue weighted by atomic mass is 16.5. The van der Waals surface area contributed by atoms with Gasteiger partial charge < -0.3 is 15.0 Å². The molecule has 1 amide bonds. The molecule has 0 atom stereocenters. The minimum Gasteiger partial charge on any atom is -0.452 e. The van der Waals surface area contributed by atoms with E-state index in [-0.39, 0.29) is 12.5 Å². The van der Waals surface area contributed by atoms with E-state index >= 15 is 0 Å². The van der Waals surface area contributed by atoms with E-state index in [1.54, 1.807) is 0 Å². The number of fused-ring (bicyclic) bond motifs is 1. The van der Waals surface area contributed by atoms with E-state index in [1.165, 1.54) is 0 Å². The summed E-state index contributed by atoms with van der Waals surface area (Å²) in [5.41, 5.74) is 4.08. The van der Waals surface area contributed by atoms with Gasteiger partial charge in [-0.3, -0.25) is 4.79 Å². The smallest absolute Gasteiger partial charge is 0.342 e. The monoisotopic (exact) mass is 465 g/mol. The molecule has 4 aromatic rings. The van der Waals surface area contributed by atoms with E-state index in [1.807, 2.05) is 72.8 Å². The van der Waals surface area contributed by atoms with Crippen LogP contribution in [0.1, 0.15) is 34.3 Å². The largest absolute Gasteiger partial charge is 0.452 e. The normalized spacial score (nSPS) is 13.1. The molecular weight excluding hydrogens is 438 g/mol. The molecule has 0 saturated carbocycles. The van der Waals surface area contributed by atoms with Crippen molar-refractivity contribution in [3.8, 4) is 0 Å². The number of hydrogen-bond donors (Lipinski definition) is 1. The van der Waals surface area contributed by atoms with Crippen molar-refractivity contribution in [2.24, 2.45) is 0 Å². The quantitative estimate of drug-likeness (QED) is 0.379. The van der Waals surface area contributed by atoms with Gasteiger partial charge in [0.2, 0.25) is 0 Å². The molecule has 0 aliphatic carbocycles. The molecule has 0 bridgehead atoms. The number of esters is 1. The summed E-state index contributed by atoms with van der Waals surface area (Å²) in [5, 5.41) is 3.76. The molecule has 35 heavy (non-hydrogen) atoms. The van der Waals surface area contributed by atoms with Crippen molar-refractivity contribution in [1.82, 2.24) is 4.98 Å². The van der Waals surface area contributed by atoms with Gasteiger partial charge in [0.15, 0.2) is 6.61 Å². The van der Waals surface area contributed by atoms with Gasteiger partial charge in [-0.2, -0.15) is 0 Å². The number of carbonyl (C=O) groups excluding carboxylic acids is 2. The number of para-hydroxylation sites is 2. The molecule has 0 unspecified atom stereocenters. The lowest BCUT2D eigenvalue weighted by Crippen LogP contribution is -2.25. The molecule has 1 saturated heterocycles. The maximum absolute atomic E-state index is 13.1. The summed E-state index contributed by atoms with van der Waals surface area (Å²) in [4.78, 5) is 32.6. The molecule has 5 rings (SSSR count). The van der Waals surface area contributed by atoms with Crippen LogP contribution in [-0.2, 0) is 16.0 Å². The molecule has 2 heterocycles. The van der Waals surface area contributed by atoms with Gasteiger partial charge in [0.05, 0.1) is 5.52 Å². The van der Waals surface area contributed by atoms with Crippen LogP contribution in [0.4, 0.5) is 11.5 Å². The van der Waals surface area contributed by atoms with Gasteiger partial charge in [-0.05, 0) is 48.6 Å². The van der Waals surface area contributed by atoms with Crippen LogP contribution in [0.2, 0.25) is 0 Å². The van der Waals surface area contributed by atoms with Crippen molar-refractivity contribution < 1.29 is 14.3 Å². The minimum absolute atomic E-state index is 0.370. The number of amides is 1. The summed E-state index contributed by atoms with van der Waals surface area (Å²) in [7, 11) is 0. The first-order valence-electron chi connectivity index (χ1n) is 11.9. The van der Waals surface area contributed by atoms with Crippen molar-refractivity contribution >= 4 is 34.3 Å². The predicted molar refractivity (Wildman–Crippen MR) is 138 cm³/mol. The van der Waals surface area contributed by atoms with Crippen LogP contribution in [0.15, 0.2) is 84.9 Å². The van der Waals surface area contributed by atoms with Gasteiger partial charge in [0.1, 0.15) is 11.4 Å². The molecule has 3 aromatic carbocycles. The Balaban J connectivity index is 1.29. The Morgan fingerprint density at radius 1 is 0.886 bits per heavy atom. The third-order valence-electron chi connectivity index (χ3n) is 6.19. The van der Waals surface area contributed by atoms with E-state index in [4.69, 9.17) is 9.72 Å². The molecule has 0 radical (unpaired) electrons. The predicted octanol–water partition coefficient (Wildman–Crippen LogP) is 5.22. The SMILES string of the molecule is O=C(COC(=O)c1cc2ccccc2nc1N1CCCC1)Nc1ccccc1Cc1ccccc1. The minimum atomic E-state index is -0.544.